The van der Waals surface area contributed by atoms with Crippen molar-refractivity contribution >= 4 is 28.4 Å². The zero-order valence-corrected chi connectivity index (χ0v) is 13.1. The van der Waals surface area contributed by atoms with E-state index in [-0.39, 0.29) is 25.2 Å². The van der Waals surface area contributed by atoms with Gasteiger partial charge in [-0.05, 0) is 44.0 Å². The van der Waals surface area contributed by atoms with Gasteiger partial charge in [0.05, 0.1) is 5.02 Å². The summed E-state index contributed by atoms with van der Waals surface area (Å²) in [5.74, 6) is 0.322. The molecule has 0 aliphatic carbocycles. The van der Waals surface area contributed by atoms with Crippen molar-refractivity contribution in [2.24, 2.45) is 0 Å². The lowest BCUT2D eigenvalue weighted by Crippen LogP contribution is -2.36. The lowest BCUT2D eigenvalue weighted by atomic mass is 10.2. The van der Waals surface area contributed by atoms with Gasteiger partial charge < -0.3 is 15.2 Å². The molecule has 6 heteroatoms. The van der Waals surface area contributed by atoms with E-state index in [0.717, 1.165) is 11.8 Å². The van der Waals surface area contributed by atoms with Crippen molar-refractivity contribution < 1.29 is 14.6 Å². The van der Waals surface area contributed by atoms with Crippen molar-refractivity contribution in [3.05, 3.63) is 35.5 Å². The number of benzene rings is 1. The molecule has 0 radical (unpaired) electrons. The number of carbonyl (C=O) groups excluding carboxylic acids is 1. The van der Waals surface area contributed by atoms with Crippen LogP contribution in [-0.2, 0) is 4.79 Å². The summed E-state index contributed by atoms with van der Waals surface area (Å²) in [5.41, 5.74) is 0.635. The van der Waals surface area contributed by atoms with Crippen LogP contribution in [0, 0.1) is 0 Å². The summed E-state index contributed by atoms with van der Waals surface area (Å²) in [6.45, 7) is 1.93. The number of fused-ring (bicyclic) bond motifs is 1. The molecule has 0 bridgehead atoms. The predicted octanol–water partition coefficient (Wildman–Crippen LogP) is 2.54. The van der Waals surface area contributed by atoms with E-state index in [1.807, 2.05) is 13.0 Å². The Hall–Kier alpha value is -1.85. The highest BCUT2D eigenvalue weighted by atomic mass is 35.5. The standard InChI is InChI=1S/C16H19ClN2O3/c1-11(4-3-9-20)19-15(21)10-22-14-7-6-13(17)12-5-2-8-18-16(12)14/h2,5-8,11,20H,3-4,9-10H2,1H3,(H,19,21). The zero-order chi connectivity index (χ0) is 15.9. The van der Waals surface area contributed by atoms with Crippen LogP contribution in [0.4, 0.5) is 0 Å². The molecular weight excluding hydrogens is 304 g/mol. The molecule has 1 aromatic heterocycles. The van der Waals surface area contributed by atoms with Gasteiger partial charge in [0, 0.05) is 24.2 Å². The minimum Gasteiger partial charge on any atom is -0.481 e. The van der Waals surface area contributed by atoms with Crippen LogP contribution in [0.5, 0.6) is 5.75 Å². The van der Waals surface area contributed by atoms with E-state index in [0.29, 0.717) is 22.7 Å². The molecule has 5 nitrogen and oxygen atoms in total. The quantitative estimate of drug-likeness (QED) is 0.821. The largest absolute Gasteiger partial charge is 0.481 e. The Kier molecular flexibility index (Phi) is 5.98. The number of aliphatic hydroxyl groups is 1. The van der Waals surface area contributed by atoms with Crippen molar-refractivity contribution in [1.82, 2.24) is 10.3 Å². The van der Waals surface area contributed by atoms with E-state index in [1.54, 1.807) is 24.4 Å². The first kappa shape index (κ1) is 16.5. The van der Waals surface area contributed by atoms with Gasteiger partial charge in [-0.15, -0.1) is 0 Å². The second kappa shape index (κ2) is 7.96. The van der Waals surface area contributed by atoms with Crippen LogP contribution in [0.1, 0.15) is 19.8 Å². The summed E-state index contributed by atoms with van der Waals surface area (Å²) < 4.78 is 5.56. The number of rotatable bonds is 7. The summed E-state index contributed by atoms with van der Waals surface area (Å²) in [6.07, 6.45) is 3.05. The van der Waals surface area contributed by atoms with Crippen molar-refractivity contribution in [2.75, 3.05) is 13.2 Å². The first-order valence-corrected chi connectivity index (χ1v) is 7.56. The van der Waals surface area contributed by atoms with E-state index in [1.165, 1.54) is 0 Å². The molecule has 1 amide bonds. The van der Waals surface area contributed by atoms with Crippen molar-refractivity contribution in [3.8, 4) is 5.75 Å². The van der Waals surface area contributed by atoms with Gasteiger partial charge in [-0.3, -0.25) is 9.78 Å². The van der Waals surface area contributed by atoms with Gasteiger partial charge >= 0.3 is 0 Å². The molecule has 0 fully saturated rings. The molecule has 2 N–H and O–H groups in total. The fourth-order valence-corrected chi connectivity index (χ4v) is 2.37. The Bertz CT molecular complexity index is 648. The molecule has 1 aromatic carbocycles. The number of amides is 1. The van der Waals surface area contributed by atoms with Crippen molar-refractivity contribution in [1.29, 1.82) is 0 Å². The Morgan fingerprint density at radius 1 is 1.45 bits per heavy atom. The second-order valence-corrected chi connectivity index (χ2v) is 5.48. The van der Waals surface area contributed by atoms with Crippen LogP contribution in [0.2, 0.25) is 5.02 Å². The molecule has 2 rings (SSSR count). The summed E-state index contributed by atoms with van der Waals surface area (Å²) in [5, 5.41) is 13.0. The maximum atomic E-state index is 11.8. The van der Waals surface area contributed by atoms with E-state index in [2.05, 4.69) is 10.3 Å². The fraction of sp³-hybridized carbons (Fsp3) is 0.375. The number of aliphatic hydroxyl groups excluding tert-OH is 1. The maximum absolute atomic E-state index is 11.8. The van der Waals surface area contributed by atoms with Crippen LogP contribution >= 0.6 is 11.6 Å². The average molecular weight is 323 g/mol. The number of aromatic nitrogens is 1. The fourth-order valence-electron chi connectivity index (χ4n) is 2.16. The molecule has 0 spiro atoms. The molecular formula is C16H19ClN2O3. The lowest BCUT2D eigenvalue weighted by molar-refractivity contribution is -0.123. The molecule has 0 saturated carbocycles. The van der Waals surface area contributed by atoms with Crippen LogP contribution in [0.15, 0.2) is 30.5 Å². The summed E-state index contributed by atoms with van der Waals surface area (Å²) in [4.78, 5) is 16.1. The first-order valence-electron chi connectivity index (χ1n) is 7.18. The third-order valence-electron chi connectivity index (χ3n) is 3.24. The van der Waals surface area contributed by atoms with E-state index < -0.39 is 0 Å². The number of hydrogen-bond acceptors (Lipinski definition) is 4. The van der Waals surface area contributed by atoms with Gasteiger partial charge in [-0.25, -0.2) is 0 Å². The molecule has 0 aliphatic heterocycles. The number of nitrogens with zero attached hydrogens (tertiary/aromatic N) is 1. The minimum atomic E-state index is -0.204. The topological polar surface area (TPSA) is 71.5 Å². The SMILES string of the molecule is CC(CCCO)NC(=O)COc1ccc(Cl)c2cccnc12. The molecule has 0 saturated heterocycles. The van der Waals surface area contributed by atoms with Crippen LogP contribution < -0.4 is 10.1 Å². The summed E-state index contributed by atoms with van der Waals surface area (Å²) in [7, 11) is 0. The number of hydrogen-bond donors (Lipinski definition) is 2. The van der Waals surface area contributed by atoms with E-state index in [4.69, 9.17) is 21.4 Å². The summed E-state index contributed by atoms with van der Waals surface area (Å²) >= 11 is 6.11. The van der Waals surface area contributed by atoms with Crippen LogP contribution in [-0.4, -0.2) is 35.3 Å². The van der Waals surface area contributed by atoms with Gasteiger partial charge in [0.15, 0.2) is 6.61 Å². The van der Waals surface area contributed by atoms with Crippen molar-refractivity contribution in [3.63, 3.8) is 0 Å². The van der Waals surface area contributed by atoms with Gasteiger partial charge in [0.2, 0.25) is 0 Å². The number of halogens is 1. The molecule has 0 aliphatic rings. The Labute approximate surface area is 134 Å². The zero-order valence-electron chi connectivity index (χ0n) is 12.4. The van der Waals surface area contributed by atoms with Gasteiger partial charge in [-0.1, -0.05) is 11.6 Å². The maximum Gasteiger partial charge on any atom is 0.258 e. The smallest absolute Gasteiger partial charge is 0.258 e. The molecule has 2 aromatic rings. The van der Waals surface area contributed by atoms with E-state index >= 15 is 0 Å². The first-order chi connectivity index (χ1) is 10.6. The normalized spacial score (nSPS) is 12.1. The lowest BCUT2D eigenvalue weighted by Gasteiger charge is -2.14. The third-order valence-corrected chi connectivity index (χ3v) is 3.57. The average Bonchev–Trinajstić information content (AvgIpc) is 2.52. The molecule has 1 atom stereocenters. The highest BCUT2D eigenvalue weighted by Crippen LogP contribution is 2.29. The predicted molar refractivity (Wildman–Crippen MR) is 86.2 cm³/mol. The Balaban J connectivity index is 1.97. The highest BCUT2D eigenvalue weighted by molar-refractivity contribution is 6.35. The van der Waals surface area contributed by atoms with Gasteiger partial charge in [0.25, 0.3) is 5.91 Å². The molecule has 22 heavy (non-hydrogen) atoms. The molecule has 1 unspecified atom stereocenters. The summed E-state index contributed by atoms with van der Waals surface area (Å²) in [6, 6.07) is 7.09. The Morgan fingerprint density at radius 3 is 3.05 bits per heavy atom. The van der Waals surface area contributed by atoms with Crippen LogP contribution in [0.3, 0.4) is 0 Å². The van der Waals surface area contributed by atoms with E-state index in [9.17, 15) is 4.79 Å². The molecule has 1 heterocycles. The highest BCUT2D eigenvalue weighted by Gasteiger charge is 2.11. The van der Waals surface area contributed by atoms with Gasteiger partial charge in [0.1, 0.15) is 11.3 Å². The number of nitrogens with one attached hydrogen (secondary N) is 1. The monoisotopic (exact) mass is 322 g/mol. The minimum absolute atomic E-state index is 0.00309. The number of carbonyl (C=O) groups is 1. The molecule has 118 valence electrons. The Morgan fingerprint density at radius 2 is 2.27 bits per heavy atom. The van der Waals surface area contributed by atoms with Crippen LogP contribution in [0.25, 0.3) is 10.9 Å². The second-order valence-electron chi connectivity index (χ2n) is 5.07. The third kappa shape index (κ3) is 4.32. The van der Waals surface area contributed by atoms with Gasteiger partial charge in [-0.2, -0.15) is 0 Å². The van der Waals surface area contributed by atoms with Crippen molar-refractivity contribution in [2.45, 2.75) is 25.8 Å². The number of ether oxygens (including phenoxy) is 1. The number of pyridine rings is 1.